The van der Waals surface area contributed by atoms with Crippen LogP contribution in [0.25, 0.3) is 0 Å². The normalized spacial score (nSPS) is 20.9. The van der Waals surface area contributed by atoms with Crippen molar-refractivity contribution < 1.29 is 31.9 Å². The molecule has 2 fully saturated rings. The van der Waals surface area contributed by atoms with Crippen molar-refractivity contribution in [1.29, 1.82) is 0 Å². The molecule has 6 rings (SSSR count). The maximum Gasteiger partial charge on any atom is 0.416 e. The lowest BCUT2D eigenvalue weighted by molar-refractivity contribution is -0.142. The molecule has 1 unspecified atom stereocenters. The third-order valence-corrected chi connectivity index (χ3v) is 9.78. The quantitative estimate of drug-likeness (QED) is 0.364. The Bertz CT molecular complexity index is 1530. The highest BCUT2D eigenvalue weighted by Gasteiger charge is 2.50. The van der Waals surface area contributed by atoms with E-state index in [0.717, 1.165) is 41.5 Å². The maximum atomic E-state index is 13.6. The van der Waals surface area contributed by atoms with Crippen molar-refractivity contribution in [3.63, 3.8) is 0 Å². The van der Waals surface area contributed by atoms with Crippen LogP contribution >= 0.6 is 11.3 Å². The molecule has 2 saturated carbocycles. The van der Waals surface area contributed by atoms with Crippen LogP contribution in [0.3, 0.4) is 0 Å². The number of carbonyl (C=O) groups excluding carboxylic acids is 1. The molecular weight excluding hydrogens is 565 g/mol. The number of aromatic amines is 1. The van der Waals surface area contributed by atoms with Crippen LogP contribution in [0.2, 0.25) is 0 Å². The molecule has 3 aromatic rings. The van der Waals surface area contributed by atoms with Gasteiger partial charge in [-0.15, -0.1) is 11.3 Å². The third-order valence-electron chi connectivity index (χ3n) is 8.63. The minimum atomic E-state index is -4.61. The molecule has 1 atom stereocenters. The van der Waals surface area contributed by atoms with Crippen LogP contribution in [0.15, 0.2) is 40.5 Å². The van der Waals surface area contributed by atoms with Crippen molar-refractivity contribution in [2.45, 2.75) is 81.0 Å². The van der Waals surface area contributed by atoms with Crippen molar-refractivity contribution in [3.05, 3.63) is 84.7 Å². The van der Waals surface area contributed by atoms with Crippen LogP contribution in [0.5, 0.6) is 0 Å². The molecule has 41 heavy (non-hydrogen) atoms. The number of fused-ring (bicyclic) bond motifs is 1. The summed E-state index contributed by atoms with van der Waals surface area (Å²) in [6.07, 6.45) is -3.89. The number of thiophene rings is 1. The van der Waals surface area contributed by atoms with Crippen LogP contribution in [0.1, 0.15) is 89.2 Å². The second-order valence-corrected chi connectivity index (χ2v) is 12.2. The Labute approximate surface area is 236 Å². The largest absolute Gasteiger partial charge is 0.416 e. The summed E-state index contributed by atoms with van der Waals surface area (Å²) in [6, 6.07) is 6.07. The Morgan fingerprint density at radius 3 is 2.56 bits per heavy atom. The van der Waals surface area contributed by atoms with Gasteiger partial charge in [0.05, 0.1) is 28.8 Å². The van der Waals surface area contributed by atoms with Gasteiger partial charge in [-0.1, -0.05) is 12.1 Å². The molecule has 0 spiro atoms. The first-order chi connectivity index (χ1) is 19.4. The van der Waals surface area contributed by atoms with Crippen LogP contribution in [0, 0.1) is 0 Å². The highest BCUT2D eigenvalue weighted by molar-refractivity contribution is 7.10. The molecule has 0 bridgehead atoms. The highest BCUT2D eigenvalue weighted by atomic mass is 32.1. The van der Waals surface area contributed by atoms with E-state index < -0.39 is 40.6 Å². The van der Waals surface area contributed by atoms with E-state index in [1.54, 1.807) is 11.3 Å². The molecule has 3 heterocycles. The molecule has 218 valence electrons. The number of hydrogen-bond acceptors (Lipinski definition) is 5. The zero-order valence-corrected chi connectivity index (χ0v) is 22.8. The number of benzene rings is 1. The van der Waals surface area contributed by atoms with Gasteiger partial charge in [-0.2, -0.15) is 13.2 Å². The maximum absolute atomic E-state index is 13.6. The topological polar surface area (TPSA) is 86.3 Å². The van der Waals surface area contributed by atoms with Crippen LogP contribution in [0.4, 0.5) is 22.0 Å². The summed E-state index contributed by atoms with van der Waals surface area (Å²) in [7, 11) is 0. The Balaban J connectivity index is 1.19. The van der Waals surface area contributed by atoms with Gasteiger partial charge in [0.1, 0.15) is 5.82 Å². The van der Waals surface area contributed by atoms with Crippen LogP contribution in [-0.4, -0.2) is 38.3 Å². The molecule has 1 aromatic carbocycles. The van der Waals surface area contributed by atoms with Crippen molar-refractivity contribution in [2.24, 2.45) is 0 Å². The van der Waals surface area contributed by atoms with E-state index in [4.69, 9.17) is 4.98 Å². The number of aromatic nitrogens is 2. The third kappa shape index (κ3) is 5.31. The second kappa shape index (κ2) is 10.0. The zero-order chi connectivity index (χ0) is 29.2. The summed E-state index contributed by atoms with van der Waals surface area (Å²) in [6.45, 7) is 0.0372. The highest BCUT2D eigenvalue weighted by Crippen LogP contribution is 2.55. The number of carbonyl (C=O) groups is 1. The molecule has 3 aliphatic rings. The van der Waals surface area contributed by atoms with E-state index in [1.807, 2.05) is 5.38 Å². The first-order valence-electron chi connectivity index (χ1n) is 13.6. The van der Waals surface area contributed by atoms with Gasteiger partial charge >= 0.3 is 6.18 Å². The predicted octanol–water partition coefficient (Wildman–Crippen LogP) is 5.84. The van der Waals surface area contributed by atoms with E-state index in [2.05, 4.69) is 11.1 Å². The molecule has 6 nitrogen and oxygen atoms in total. The summed E-state index contributed by atoms with van der Waals surface area (Å²) in [4.78, 5) is 36.2. The number of nitrogens with one attached hydrogen (secondary N) is 1. The Morgan fingerprint density at radius 2 is 1.88 bits per heavy atom. The average molecular weight is 594 g/mol. The number of rotatable bonds is 5. The van der Waals surface area contributed by atoms with Gasteiger partial charge in [0.25, 0.3) is 11.5 Å². The fourth-order valence-electron chi connectivity index (χ4n) is 5.95. The first kappa shape index (κ1) is 28.0. The van der Waals surface area contributed by atoms with Gasteiger partial charge in [0, 0.05) is 30.7 Å². The van der Waals surface area contributed by atoms with Gasteiger partial charge in [-0.3, -0.25) is 9.59 Å². The summed E-state index contributed by atoms with van der Waals surface area (Å²) < 4.78 is 66.5. The van der Waals surface area contributed by atoms with Gasteiger partial charge in [0.2, 0.25) is 5.92 Å². The molecule has 2 aliphatic carbocycles. The fourth-order valence-corrected chi connectivity index (χ4v) is 7.21. The minimum absolute atomic E-state index is 0.0979. The van der Waals surface area contributed by atoms with E-state index >= 15 is 0 Å². The molecule has 0 radical (unpaired) electrons. The van der Waals surface area contributed by atoms with E-state index in [0.29, 0.717) is 24.4 Å². The Kier molecular flexibility index (Phi) is 6.84. The zero-order valence-electron chi connectivity index (χ0n) is 21.9. The smallest absolute Gasteiger partial charge is 0.378 e. The van der Waals surface area contributed by atoms with Gasteiger partial charge in [-0.05, 0) is 66.3 Å². The lowest BCUT2D eigenvalue weighted by atomic mass is 9.83. The van der Waals surface area contributed by atoms with Crippen LogP contribution < -0.4 is 5.56 Å². The van der Waals surface area contributed by atoms with E-state index in [-0.39, 0.29) is 49.4 Å². The van der Waals surface area contributed by atoms with E-state index in [9.17, 15) is 36.6 Å². The number of hydrogen-bond donors (Lipinski definition) is 2. The molecule has 12 heteroatoms. The summed E-state index contributed by atoms with van der Waals surface area (Å²) in [5.74, 6) is -2.73. The number of aliphatic hydroxyl groups excluding tert-OH is 1. The second-order valence-electron chi connectivity index (χ2n) is 11.3. The van der Waals surface area contributed by atoms with E-state index in [1.165, 1.54) is 11.0 Å². The van der Waals surface area contributed by atoms with Gasteiger partial charge < -0.3 is 15.0 Å². The summed E-state index contributed by atoms with van der Waals surface area (Å²) in [5, 5.41) is 12.6. The lowest BCUT2D eigenvalue weighted by Crippen LogP contribution is -2.42. The van der Waals surface area contributed by atoms with Gasteiger partial charge in [0.15, 0.2) is 6.10 Å². The predicted molar refractivity (Wildman–Crippen MR) is 141 cm³/mol. The SMILES string of the molecule is O=C(C(O)c1cccc(C(F)(F)F)c1)N1CCc2nc(C3(c4cc(C5CCC(F)(F)CC5)cs4)CC3)[nH]c(=O)c2C1. The van der Waals surface area contributed by atoms with Crippen molar-refractivity contribution in [1.82, 2.24) is 14.9 Å². The molecule has 2 N–H and O–H groups in total. The lowest BCUT2D eigenvalue weighted by Gasteiger charge is -2.30. The van der Waals surface area contributed by atoms with Crippen LogP contribution in [-0.2, 0) is 29.4 Å². The fraction of sp³-hybridized carbons (Fsp3) is 0.483. The number of aliphatic hydroxyl groups is 1. The molecule has 0 saturated heterocycles. The number of halogens is 5. The Hall–Kier alpha value is -3.12. The van der Waals surface area contributed by atoms with Crippen molar-refractivity contribution >= 4 is 17.2 Å². The Morgan fingerprint density at radius 1 is 1.15 bits per heavy atom. The number of H-pyrrole nitrogens is 1. The summed E-state index contributed by atoms with van der Waals surface area (Å²) >= 11 is 1.56. The molecule has 1 aliphatic heterocycles. The number of alkyl halides is 5. The minimum Gasteiger partial charge on any atom is -0.378 e. The molecule has 2 aromatic heterocycles. The first-order valence-corrected chi connectivity index (χ1v) is 14.5. The monoisotopic (exact) mass is 593 g/mol. The molecular formula is C29H28F5N3O3S. The molecule has 1 amide bonds. The standard InChI is InChI=1S/C29H28F5N3O3S/c30-28(31)7-4-16(5-8-28)18-13-22(41-15-18)27(9-10-27)26-35-21-6-11-37(14-20(21)24(39)36-26)25(40)23(38)17-2-1-3-19(12-17)29(32,33)34/h1-3,12-13,15-16,23,38H,4-11,14H2,(H,35,36,39). The van der Waals surface area contributed by atoms with Gasteiger partial charge in [-0.25, -0.2) is 13.8 Å². The average Bonchev–Trinajstić information content (AvgIpc) is 3.61. The number of nitrogens with zero attached hydrogens (tertiary/aromatic N) is 2. The van der Waals surface area contributed by atoms with Crippen molar-refractivity contribution in [2.75, 3.05) is 6.54 Å². The summed E-state index contributed by atoms with van der Waals surface area (Å²) in [5.41, 5.74) is -0.0665. The van der Waals surface area contributed by atoms with Crippen molar-refractivity contribution in [3.8, 4) is 0 Å². The number of amides is 1.